The summed E-state index contributed by atoms with van der Waals surface area (Å²) in [5, 5.41) is 7.16. The van der Waals surface area contributed by atoms with E-state index in [4.69, 9.17) is 27.9 Å². The molecule has 1 fully saturated rings. The maximum absolute atomic E-state index is 12.6. The molecule has 0 aromatic heterocycles. The molecule has 1 heterocycles. The molecular weight excluding hydrogens is 347 g/mol. The first-order valence-electron chi connectivity index (χ1n) is 7.78. The highest BCUT2D eigenvalue weighted by Crippen LogP contribution is 2.29. The molecule has 2 atom stereocenters. The lowest BCUT2D eigenvalue weighted by atomic mass is 9.98. The average molecular weight is 365 g/mol. The fourth-order valence-electron chi connectivity index (χ4n) is 2.67. The Balaban J connectivity index is 1.87. The summed E-state index contributed by atoms with van der Waals surface area (Å²) in [6.07, 6.45) is -0.493. The number of ether oxygens (including phenoxy) is 1. The van der Waals surface area contributed by atoms with Crippen LogP contribution in [0.3, 0.4) is 0 Å². The lowest BCUT2D eigenvalue weighted by Crippen LogP contribution is -2.48. The van der Waals surface area contributed by atoms with Gasteiger partial charge in [-0.15, -0.1) is 0 Å². The number of rotatable bonds is 4. The van der Waals surface area contributed by atoms with Gasteiger partial charge >= 0.3 is 0 Å². The summed E-state index contributed by atoms with van der Waals surface area (Å²) in [6, 6.07) is 14.8. The molecule has 6 heteroatoms. The molecule has 0 bridgehead atoms. The van der Waals surface area contributed by atoms with Crippen molar-refractivity contribution in [3.05, 3.63) is 69.7 Å². The molecular formula is C18H18Cl2N2O2. The van der Waals surface area contributed by atoms with E-state index >= 15 is 0 Å². The van der Waals surface area contributed by atoms with Crippen LogP contribution >= 0.6 is 23.2 Å². The number of hydrogen-bond acceptors (Lipinski definition) is 3. The Kier molecular flexibility index (Phi) is 5.74. The van der Waals surface area contributed by atoms with Crippen molar-refractivity contribution < 1.29 is 9.53 Å². The zero-order valence-electron chi connectivity index (χ0n) is 13.0. The molecule has 0 aliphatic carbocycles. The summed E-state index contributed by atoms with van der Waals surface area (Å²) in [7, 11) is 0. The summed E-state index contributed by atoms with van der Waals surface area (Å²) >= 11 is 12.2. The van der Waals surface area contributed by atoms with Crippen LogP contribution in [-0.2, 0) is 9.53 Å². The van der Waals surface area contributed by atoms with E-state index in [-0.39, 0.29) is 11.9 Å². The van der Waals surface area contributed by atoms with E-state index in [2.05, 4.69) is 10.6 Å². The number of benzene rings is 2. The molecule has 0 saturated carbocycles. The van der Waals surface area contributed by atoms with Gasteiger partial charge < -0.3 is 15.4 Å². The van der Waals surface area contributed by atoms with E-state index in [0.717, 1.165) is 17.7 Å². The molecule has 1 saturated heterocycles. The maximum atomic E-state index is 12.6. The quantitative estimate of drug-likeness (QED) is 0.875. The molecule has 2 aromatic rings. The molecule has 4 nitrogen and oxygen atoms in total. The number of carbonyl (C=O) groups excluding carboxylic acids is 1. The van der Waals surface area contributed by atoms with E-state index in [9.17, 15) is 4.79 Å². The minimum Gasteiger partial charge on any atom is -0.366 e. The summed E-state index contributed by atoms with van der Waals surface area (Å²) in [5.74, 6) is -0.151. The zero-order valence-corrected chi connectivity index (χ0v) is 14.5. The number of morpholine rings is 1. The van der Waals surface area contributed by atoms with E-state index in [1.807, 2.05) is 36.4 Å². The Bertz CT molecular complexity index is 703. The lowest BCUT2D eigenvalue weighted by Gasteiger charge is -2.26. The van der Waals surface area contributed by atoms with Crippen molar-refractivity contribution in [3.8, 4) is 0 Å². The van der Waals surface area contributed by atoms with Crippen molar-refractivity contribution in [2.75, 3.05) is 19.7 Å². The Morgan fingerprint density at radius 2 is 1.92 bits per heavy atom. The molecule has 1 aliphatic rings. The predicted octanol–water partition coefficient (Wildman–Crippen LogP) is 3.19. The van der Waals surface area contributed by atoms with Crippen LogP contribution in [0.25, 0.3) is 0 Å². The van der Waals surface area contributed by atoms with Crippen molar-refractivity contribution in [2.45, 2.75) is 12.1 Å². The second-order valence-electron chi connectivity index (χ2n) is 5.59. The Morgan fingerprint density at radius 3 is 2.58 bits per heavy atom. The summed E-state index contributed by atoms with van der Waals surface area (Å²) in [4.78, 5) is 12.6. The van der Waals surface area contributed by atoms with Crippen LogP contribution in [0.4, 0.5) is 0 Å². The Morgan fingerprint density at radius 1 is 1.12 bits per heavy atom. The van der Waals surface area contributed by atoms with Crippen LogP contribution in [-0.4, -0.2) is 31.7 Å². The van der Waals surface area contributed by atoms with E-state index in [1.165, 1.54) is 0 Å². The van der Waals surface area contributed by atoms with Gasteiger partial charge in [0.25, 0.3) is 5.91 Å². The highest BCUT2D eigenvalue weighted by atomic mass is 35.5. The van der Waals surface area contributed by atoms with Gasteiger partial charge in [0, 0.05) is 13.1 Å². The van der Waals surface area contributed by atoms with Gasteiger partial charge in [-0.2, -0.15) is 0 Å². The van der Waals surface area contributed by atoms with Gasteiger partial charge in [-0.25, -0.2) is 0 Å². The monoisotopic (exact) mass is 364 g/mol. The van der Waals surface area contributed by atoms with Crippen LogP contribution in [0.15, 0.2) is 48.5 Å². The van der Waals surface area contributed by atoms with Crippen molar-refractivity contribution in [3.63, 3.8) is 0 Å². The molecule has 3 rings (SSSR count). The molecule has 2 unspecified atom stereocenters. The SMILES string of the molecule is O=C(NC(c1ccccc1)c1ccc(Cl)c(Cl)c1)C1CNCCO1. The van der Waals surface area contributed by atoms with Crippen LogP contribution < -0.4 is 10.6 Å². The molecule has 1 aliphatic heterocycles. The number of hydrogen-bond donors (Lipinski definition) is 2. The molecule has 1 amide bonds. The number of carbonyl (C=O) groups is 1. The normalized spacial score (nSPS) is 18.8. The fourth-order valence-corrected chi connectivity index (χ4v) is 2.97. The summed E-state index contributed by atoms with van der Waals surface area (Å²) in [5.41, 5.74) is 1.83. The van der Waals surface area contributed by atoms with E-state index in [0.29, 0.717) is 23.2 Å². The van der Waals surface area contributed by atoms with Crippen molar-refractivity contribution in [2.24, 2.45) is 0 Å². The van der Waals surface area contributed by atoms with Gasteiger partial charge in [-0.1, -0.05) is 59.6 Å². The largest absolute Gasteiger partial charge is 0.366 e. The van der Waals surface area contributed by atoms with E-state index in [1.54, 1.807) is 12.1 Å². The third-order valence-corrected chi connectivity index (χ3v) is 4.66. The minimum atomic E-state index is -0.493. The lowest BCUT2D eigenvalue weighted by molar-refractivity contribution is -0.134. The van der Waals surface area contributed by atoms with Gasteiger partial charge in [-0.3, -0.25) is 4.79 Å². The summed E-state index contributed by atoms with van der Waals surface area (Å²) in [6.45, 7) is 1.80. The molecule has 2 aromatic carbocycles. The number of halogens is 2. The van der Waals surface area contributed by atoms with Crippen LogP contribution in [0.1, 0.15) is 17.2 Å². The third-order valence-electron chi connectivity index (χ3n) is 3.92. The van der Waals surface area contributed by atoms with Gasteiger partial charge in [0.15, 0.2) is 0 Å². The summed E-state index contributed by atoms with van der Waals surface area (Å²) < 4.78 is 5.53. The first-order valence-corrected chi connectivity index (χ1v) is 8.53. The smallest absolute Gasteiger partial charge is 0.251 e. The molecule has 0 radical (unpaired) electrons. The first kappa shape index (κ1) is 17.2. The first-order chi connectivity index (χ1) is 11.6. The topological polar surface area (TPSA) is 50.4 Å². The maximum Gasteiger partial charge on any atom is 0.251 e. The Hall–Kier alpha value is -1.59. The van der Waals surface area contributed by atoms with Crippen LogP contribution in [0.2, 0.25) is 10.0 Å². The van der Waals surface area contributed by atoms with Gasteiger partial charge in [0.1, 0.15) is 6.10 Å². The molecule has 2 N–H and O–H groups in total. The average Bonchev–Trinajstić information content (AvgIpc) is 2.63. The van der Waals surface area contributed by atoms with Crippen LogP contribution in [0.5, 0.6) is 0 Å². The molecule has 0 spiro atoms. The molecule has 24 heavy (non-hydrogen) atoms. The van der Waals surface area contributed by atoms with Crippen molar-refractivity contribution >= 4 is 29.1 Å². The zero-order chi connectivity index (χ0) is 16.9. The third kappa shape index (κ3) is 4.08. The van der Waals surface area contributed by atoms with Gasteiger partial charge in [0.2, 0.25) is 0 Å². The van der Waals surface area contributed by atoms with Crippen molar-refractivity contribution in [1.82, 2.24) is 10.6 Å². The second-order valence-corrected chi connectivity index (χ2v) is 6.40. The van der Waals surface area contributed by atoms with Gasteiger partial charge in [-0.05, 0) is 23.3 Å². The van der Waals surface area contributed by atoms with Crippen molar-refractivity contribution in [1.29, 1.82) is 0 Å². The highest BCUT2D eigenvalue weighted by molar-refractivity contribution is 6.42. The second kappa shape index (κ2) is 7.99. The molecule has 126 valence electrons. The predicted molar refractivity (Wildman–Crippen MR) is 95.5 cm³/mol. The Labute approximate surface area is 151 Å². The fraction of sp³-hybridized carbons (Fsp3) is 0.278. The van der Waals surface area contributed by atoms with Gasteiger partial charge in [0.05, 0.1) is 22.7 Å². The highest BCUT2D eigenvalue weighted by Gasteiger charge is 2.25. The standard InChI is InChI=1S/C18H18Cl2N2O2/c19-14-7-6-13(10-15(14)20)17(12-4-2-1-3-5-12)22-18(23)16-11-21-8-9-24-16/h1-7,10,16-17,21H,8-9,11H2,(H,22,23). The minimum absolute atomic E-state index is 0.151. The van der Waals surface area contributed by atoms with Crippen LogP contribution in [0, 0.1) is 0 Å². The number of amides is 1. The number of nitrogens with one attached hydrogen (secondary N) is 2. The van der Waals surface area contributed by atoms with E-state index < -0.39 is 6.10 Å².